The largest absolute Gasteiger partial charge is 0.383 e. The van der Waals surface area contributed by atoms with Crippen LogP contribution in [0.1, 0.15) is 39.0 Å². The first-order chi connectivity index (χ1) is 7.72. The van der Waals surface area contributed by atoms with E-state index in [4.69, 9.17) is 11.5 Å². The third-order valence-corrected chi connectivity index (χ3v) is 3.16. The van der Waals surface area contributed by atoms with Gasteiger partial charge in [-0.3, -0.25) is 0 Å². The fourth-order valence-corrected chi connectivity index (χ4v) is 2.27. The lowest BCUT2D eigenvalue weighted by molar-refractivity contribution is 0.659. The van der Waals surface area contributed by atoms with Crippen LogP contribution in [0.5, 0.6) is 0 Å². The van der Waals surface area contributed by atoms with Crippen molar-refractivity contribution < 1.29 is 0 Å². The van der Waals surface area contributed by atoms with Crippen LogP contribution in [0.2, 0.25) is 0 Å². The molecule has 0 aliphatic rings. The maximum Gasteiger partial charge on any atom is 0.191 e. The molecule has 0 aliphatic carbocycles. The minimum atomic E-state index is 0.445. The lowest BCUT2D eigenvalue weighted by Gasteiger charge is -2.02. The molecule has 0 bridgehead atoms. The lowest BCUT2D eigenvalue weighted by atomic mass is 10.2. The maximum atomic E-state index is 5.58. The number of rotatable bonds is 7. The summed E-state index contributed by atoms with van der Waals surface area (Å²) in [7, 11) is 0. The first-order valence-electron chi connectivity index (χ1n) is 5.75. The highest BCUT2D eigenvalue weighted by molar-refractivity contribution is 7.99. The normalized spacial score (nSPS) is 10.6. The van der Waals surface area contributed by atoms with E-state index in [2.05, 4.69) is 16.9 Å². The zero-order valence-electron chi connectivity index (χ0n) is 9.78. The highest BCUT2D eigenvalue weighted by Crippen LogP contribution is 2.18. The first-order valence-corrected chi connectivity index (χ1v) is 6.73. The zero-order chi connectivity index (χ0) is 11.8. The number of nitrogens with two attached hydrogens (primary N) is 2. The van der Waals surface area contributed by atoms with Gasteiger partial charge in [0.2, 0.25) is 0 Å². The van der Waals surface area contributed by atoms with Crippen LogP contribution in [0.4, 0.5) is 11.6 Å². The van der Waals surface area contributed by atoms with Gasteiger partial charge in [0.1, 0.15) is 11.6 Å². The predicted molar refractivity (Wildman–Crippen MR) is 70.3 cm³/mol. The van der Waals surface area contributed by atoms with Gasteiger partial charge in [0.05, 0.1) is 0 Å². The number of aromatic nitrogens is 2. The zero-order valence-corrected chi connectivity index (χ0v) is 10.6. The second-order valence-electron chi connectivity index (χ2n) is 3.76. The van der Waals surface area contributed by atoms with Gasteiger partial charge < -0.3 is 11.5 Å². The van der Waals surface area contributed by atoms with E-state index in [1.807, 2.05) is 0 Å². The molecule has 0 fully saturated rings. The van der Waals surface area contributed by atoms with Crippen LogP contribution < -0.4 is 11.5 Å². The Morgan fingerprint density at radius 1 is 1.06 bits per heavy atom. The first kappa shape index (κ1) is 13.1. The van der Waals surface area contributed by atoms with Crippen LogP contribution in [0, 0.1) is 0 Å². The molecule has 1 rings (SSSR count). The van der Waals surface area contributed by atoms with Gasteiger partial charge in [-0.2, -0.15) is 0 Å². The van der Waals surface area contributed by atoms with Gasteiger partial charge in [-0.25, -0.2) is 9.97 Å². The summed E-state index contributed by atoms with van der Waals surface area (Å²) in [6, 6.07) is 1.57. The summed E-state index contributed by atoms with van der Waals surface area (Å²) in [6.45, 7) is 2.22. The minimum Gasteiger partial charge on any atom is -0.383 e. The van der Waals surface area contributed by atoms with Crippen molar-refractivity contribution in [2.45, 2.75) is 44.2 Å². The second-order valence-corrected chi connectivity index (χ2v) is 4.82. The molecule has 0 radical (unpaired) electrons. The van der Waals surface area contributed by atoms with Crippen LogP contribution in [0.25, 0.3) is 0 Å². The molecule has 5 heteroatoms. The van der Waals surface area contributed by atoms with Crippen molar-refractivity contribution in [1.82, 2.24) is 9.97 Å². The van der Waals surface area contributed by atoms with Crippen molar-refractivity contribution in [3.05, 3.63) is 6.07 Å². The summed E-state index contributed by atoms with van der Waals surface area (Å²) in [5.41, 5.74) is 11.2. The number of hydrogen-bond donors (Lipinski definition) is 2. The van der Waals surface area contributed by atoms with Crippen LogP contribution in [-0.2, 0) is 0 Å². The standard InChI is InChI=1S/C11H20N4S/c1-2-3-4-5-6-7-16-11-14-9(12)8-10(13)15-11/h8H,2-7H2,1H3,(H4,12,13,14,15). The summed E-state index contributed by atoms with van der Waals surface area (Å²) in [4.78, 5) is 8.24. The molecular weight excluding hydrogens is 220 g/mol. The Morgan fingerprint density at radius 3 is 2.31 bits per heavy atom. The fraction of sp³-hybridized carbons (Fsp3) is 0.636. The van der Waals surface area contributed by atoms with Crippen LogP contribution in [-0.4, -0.2) is 15.7 Å². The monoisotopic (exact) mass is 240 g/mol. The molecule has 16 heavy (non-hydrogen) atoms. The van der Waals surface area contributed by atoms with E-state index in [9.17, 15) is 0 Å². The Bertz CT molecular complexity index is 297. The molecule has 90 valence electrons. The Morgan fingerprint density at radius 2 is 1.69 bits per heavy atom. The van der Waals surface area contributed by atoms with E-state index in [1.54, 1.807) is 17.8 Å². The second kappa shape index (κ2) is 7.33. The average molecular weight is 240 g/mol. The quantitative estimate of drug-likeness (QED) is 0.435. The van der Waals surface area contributed by atoms with Gasteiger partial charge in [0.15, 0.2) is 5.16 Å². The molecule has 0 aromatic carbocycles. The summed E-state index contributed by atoms with van der Waals surface area (Å²) < 4.78 is 0. The molecule has 4 N–H and O–H groups in total. The van der Waals surface area contributed by atoms with Crippen molar-refractivity contribution in [3.8, 4) is 0 Å². The Balaban J connectivity index is 2.21. The van der Waals surface area contributed by atoms with E-state index < -0.39 is 0 Å². The van der Waals surface area contributed by atoms with Gasteiger partial charge in [-0.15, -0.1) is 0 Å². The molecule has 0 aliphatic heterocycles. The van der Waals surface area contributed by atoms with Gasteiger partial charge in [0, 0.05) is 11.8 Å². The van der Waals surface area contributed by atoms with Crippen LogP contribution in [0.15, 0.2) is 11.2 Å². The maximum absolute atomic E-state index is 5.58. The molecule has 1 aromatic heterocycles. The highest BCUT2D eigenvalue weighted by Gasteiger charge is 2.00. The predicted octanol–water partition coefficient (Wildman–Crippen LogP) is 2.70. The Hall–Kier alpha value is -0.970. The van der Waals surface area contributed by atoms with E-state index in [0.29, 0.717) is 16.8 Å². The van der Waals surface area contributed by atoms with E-state index in [1.165, 1.54) is 32.1 Å². The molecule has 0 amide bonds. The van der Waals surface area contributed by atoms with E-state index in [0.717, 1.165) is 5.75 Å². The molecule has 0 atom stereocenters. The SMILES string of the molecule is CCCCCCCSc1nc(N)cc(N)n1. The molecule has 1 heterocycles. The van der Waals surface area contributed by atoms with Gasteiger partial charge >= 0.3 is 0 Å². The summed E-state index contributed by atoms with van der Waals surface area (Å²) in [5.74, 6) is 1.93. The molecule has 0 unspecified atom stereocenters. The van der Waals surface area contributed by atoms with Gasteiger partial charge in [-0.05, 0) is 6.42 Å². The number of nitrogen functional groups attached to an aromatic ring is 2. The highest BCUT2D eigenvalue weighted by atomic mass is 32.2. The number of hydrogen-bond acceptors (Lipinski definition) is 5. The third-order valence-electron chi connectivity index (χ3n) is 2.22. The molecule has 1 aromatic rings. The van der Waals surface area contributed by atoms with Crippen molar-refractivity contribution in [1.29, 1.82) is 0 Å². The van der Waals surface area contributed by atoms with Crippen LogP contribution in [0.3, 0.4) is 0 Å². The van der Waals surface area contributed by atoms with Crippen LogP contribution >= 0.6 is 11.8 Å². The topological polar surface area (TPSA) is 77.8 Å². The van der Waals surface area contributed by atoms with Gasteiger partial charge in [0.25, 0.3) is 0 Å². The molecule has 0 saturated carbocycles. The van der Waals surface area contributed by atoms with Crippen molar-refractivity contribution in [2.75, 3.05) is 17.2 Å². The number of nitrogens with zero attached hydrogens (tertiary/aromatic N) is 2. The smallest absolute Gasteiger partial charge is 0.191 e. The lowest BCUT2D eigenvalue weighted by Crippen LogP contribution is -1.99. The van der Waals surface area contributed by atoms with Crippen molar-refractivity contribution in [3.63, 3.8) is 0 Å². The Labute approximate surface area is 101 Å². The Kier molecular flexibility index (Phi) is 6.00. The van der Waals surface area contributed by atoms with Crippen molar-refractivity contribution in [2.24, 2.45) is 0 Å². The molecule has 0 spiro atoms. The third kappa shape index (κ3) is 5.21. The minimum absolute atomic E-state index is 0.445. The number of unbranched alkanes of at least 4 members (excludes halogenated alkanes) is 4. The van der Waals surface area contributed by atoms with E-state index >= 15 is 0 Å². The number of thioether (sulfide) groups is 1. The molecular formula is C11H20N4S. The summed E-state index contributed by atoms with van der Waals surface area (Å²) in [6.07, 6.45) is 6.40. The van der Waals surface area contributed by atoms with Crippen molar-refractivity contribution >= 4 is 23.4 Å². The summed E-state index contributed by atoms with van der Waals surface area (Å²) >= 11 is 1.62. The fourth-order valence-electron chi connectivity index (χ4n) is 1.40. The summed E-state index contributed by atoms with van der Waals surface area (Å²) in [5, 5.41) is 0.688. The number of anilines is 2. The van der Waals surface area contributed by atoms with Gasteiger partial charge in [-0.1, -0.05) is 44.4 Å². The molecule has 0 saturated heterocycles. The molecule has 4 nitrogen and oxygen atoms in total. The van der Waals surface area contributed by atoms with E-state index in [-0.39, 0.29) is 0 Å². The average Bonchev–Trinajstić information content (AvgIpc) is 2.22.